The fourth-order valence-corrected chi connectivity index (χ4v) is 3.52. The van der Waals surface area contributed by atoms with E-state index in [1.165, 1.54) is 32.1 Å². The van der Waals surface area contributed by atoms with Crippen LogP contribution >= 0.6 is 0 Å². The van der Waals surface area contributed by atoms with Gasteiger partial charge >= 0.3 is 0 Å². The van der Waals surface area contributed by atoms with Crippen LogP contribution in [-0.4, -0.2) is 25.8 Å². The van der Waals surface area contributed by atoms with Gasteiger partial charge < -0.3 is 10.1 Å². The summed E-state index contributed by atoms with van der Waals surface area (Å²) in [5.41, 5.74) is 0.198. The van der Waals surface area contributed by atoms with Crippen LogP contribution < -0.4 is 5.32 Å². The van der Waals surface area contributed by atoms with E-state index in [0.717, 1.165) is 18.4 Å². The topological polar surface area (TPSA) is 21.3 Å². The molecule has 0 bridgehead atoms. The van der Waals surface area contributed by atoms with Crippen LogP contribution in [0.4, 0.5) is 0 Å². The molecular weight excluding hydrogens is 234 g/mol. The maximum absolute atomic E-state index is 5.89. The lowest BCUT2D eigenvalue weighted by Crippen LogP contribution is -2.52. The third kappa shape index (κ3) is 5.07. The zero-order valence-corrected chi connectivity index (χ0v) is 14.0. The third-order valence-electron chi connectivity index (χ3n) is 4.63. The van der Waals surface area contributed by atoms with Crippen molar-refractivity contribution >= 4 is 0 Å². The van der Waals surface area contributed by atoms with Gasteiger partial charge in [0.2, 0.25) is 0 Å². The lowest BCUT2D eigenvalue weighted by molar-refractivity contribution is -0.0325. The van der Waals surface area contributed by atoms with E-state index in [0.29, 0.717) is 12.1 Å². The lowest BCUT2D eigenvalue weighted by Gasteiger charge is -2.42. The quantitative estimate of drug-likeness (QED) is 0.778. The number of hydrogen-bond donors (Lipinski definition) is 1. The number of ether oxygens (including phenoxy) is 1. The lowest BCUT2D eigenvalue weighted by atomic mass is 9.73. The van der Waals surface area contributed by atoms with E-state index in [-0.39, 0.29) is 5.41 Å². The first-order valence-corrected chi connectivity index (χ1v) is 8.16. The van der Waals surface area contributed by atoms with Gasteiger partial charge in [0, 0.05) is 13.2 Å². The van der Waals surface area contributed by atoms with Gasteiger partial charge in [0.25, 0.3) is 0 Å². The molecule has 0 aliphatic heterocycles. The standard InChI is InChI=1S/C17H35NO/c1-7-12-18-15(16(19-6)17(3,4)5)14-10-8-13(2)9-11-14/h13-16,18H,7-12H2,1-6H3. The second kappa shape index (κ2) is 7.64. The average Bonchev–Trinajstić information content (AvgIpc) is 2.34. The number of rotatable bonds is 6. The predicted molar refractivity (Wildman–Crippen MR) is 83.5 cm³/mol. The van der Waals surface area contributed by atoms with Gasteiger partial charge in [-0.2, -0.15) is 0 Å². The first-order valence-electron chi connectivity index (χ1n) is 8.16. The van der Waals surface area contributed by atoms with Gasteiger partial charge in [-0.25, -0.2) is 0 Å². The molecular formula is C17H35NO. The van der Waals surface area contributed by atoms with Gasteiger partial charge in [0.1, 0.15) is 0 Å². The minimum Gasteiger partial charge on any atom is -0.379 e. The van der Waals surface area contributed by atoms with Crippen molar-refractivity contribution in [2.45, 2.75) is 78.9 Å². The first kappa shape index (κ1) is 17.0. The number of nitrogens with one attached hydrogen (secondary N) is 1. The van der Waals surface area contributed by atoms with Crippen molar-refractivity contribution in [3.05, 3.63) is 0 Å². The van der Waals surface area contributed by atoms with E-state index in [9.17, 15) is 0 Å². The number of methoxy groups -OCH3 is 1. The summed E-state index contributed by atoms with van der Waals surface area (Å²) in [5.74, 6) is 1.70. The molecule has 2 nitrogen and oxygen atoms in total. The fourth-order valence-electron chi connectivity index (χ4n) is 3.52. The predicted octanol–water partition coefficient (Wildman–Crippen LogP) is 4.24. The molecule has 2 unspecified atom stereocenters. The normalized spacial score (nSPS) is 28.1. The van der Waals surface area contributed by atoms with E-state index in [1.54, 1.807) is 0 Å². The van der Waals surface area contributed by atoms with Crippen molar-refractivity contribution in [1.29, 1.82) is 0 Å². The van der Waals surface area contributed by atoms with Crippen molar-refractivity contribution in [2.75, 3.05) is 13.7 Å². The first-order chi connectivity index (χ1) is 8.90. The summed E-state index contributed by atoms with van der Waals surface area (Å²) < 4.78 is 5.89. The zero-order valence-electron chi connectivity index (χ0n) is 14.0. The van der Waals surface area contributed by atoms with Gasteiger partial charge in [0.05, 0.1) is 6.10 Å². The second-order valence-electron chi connectivity index (χ2n) is 7.52. The van der Waals surface area contributed by atoms with Crippen molar-refractivity contribution in [3.8, 4) is 0 Å². The van der Waals surface area contributed by atoms with Crippen LogP contribution in [0.15, 0.2) is 0 Å². The SMILES string of the molecule is CCCNC(C1CCC(C)CC1)C(OC)C(C)(C)C. The molecule has 0 saturated heterocycles. The third-order valence-corrected chi connectivity index (χ3v) is 4.63. The molecule has 0 radical (unpaired) electrons. The van der Waals surface area contributed by atoms with Gasteiger partial charge in [-0.1, -0.05) is 47.5 Å². The zero-order chi connectivity index (χ0) is 14.5. The summed E-state index contributed by atoms with van der Waals surface area (Å²) in [7, 11) is 1.88. The van der Waals surface area contributed by atoms with Crippen LogP contribution in [0.25, 0.3) is 0 Å². The smallest absolute Gasteiger partial charge is 0.0775 e. The summed E-state index contributed by atoms with van der Waals surface area (Å²) in [5, 5.41) is 3.79. The molecule has 0 amide bonds. The maximum Gasteiger partial charge on any atom is 0.0775 e. The Hall–Kier alpha value is -0.0800. The monoisotopic (exact) mass is 269 g/mol. The van der Waals surface area contributed by atoms with Gasteiger partial charge in [-0.3, -0.25) is 0 Å². The molecule has 0 spiro atoms. The molecule has 1 aliphatic carbocycles. The highest BCUT2D eigenvalue weighted by Crippen LogP contribution is 2.36. The van der Waals surface area contributed by atoms with Crippen LogP contribution in [0.5, 0.6) is 0 Å². The molecule has 0 aromatic carbocycles. The Bertz CT molecular complexity index is 238. The average molecular weight is 269 g/mol. The molecule has 1 fully saturated rings. The summed E-state index contributed by atoms with van der Waals surface area (Å²) in [6.07, 6.45) is 6.99. The van der Waals surface area contributed by atoms with E-state index < -0.39 is 0 Å². The van der Waals surface area contributed by atoms with Crippen LogP contribution in [0.2, 0.25) is 0 Å². The molecule has 0 aromatic rings. The molecule has 0 heterocycles. The highest BCUT2D eigenvalue weighted by molar-refractivity contribution is 4.92. The van der Waals surface area contributed by atoms with Crippen LogP contribution in [0, 0.1) is 17.3 Å². The second-order valence-corrected chi connectivity index (χ2v) is 7.52. The summed E-state index contributed by atoms with van der Waals surface area (Å²) in [6, 6.07) is 0.512. The van der Waals surface area contributed by atoms with Crippen molar-refractivity contribution in [3.63, 3.8) is 0 Å². The summed E-state index contributed by atoms with van der Waals surface area (Å²) in [4.78, 5) is 0. The van der Waals surface area contributed by atoms with Crippen molar-refractivity contribution in [1.82, 2.24) is 5.32 Å². The number of hydrogen-bond acceptors (Lipinski definition) is 2. The molecule has 114 valence electrons. The van der Waals surface area contributed by atoms with E-state index in [4.69, 9.17) is 4.74 Å². The Morgan fingerprint density at radius 3 is 2.16 bits per heavy atom. The Morgan fingerprint density at radius 2 is 1.74 bits per heavy atom. The largest absolute Gasteiger partial charge is 0.379 e. The van der Waals surface area contributed by atoms with E-state index >= 15 is 0 Å². The summed E-state index contributed by atoms with van der Waals surface area (Å²) in [6.45, 7) is 12.6. The molecule has 1 rings (SSSR count). The Kier molecular flexibility index (Phi) is 6.82. The molecule has 0 aromatic heterocycles. The molecule has 1 N–H and O–H groups in total. The molecule has 19 heavy (non-hydrogen) atoms. The Labute approximate surface area is 120 Å². The molecule has 2 atom stereocenters. The fraction of sp³-hybridized carbons (Fsp3) is 1.00. The molecule has 1 aliphatic rings. The maximum atomic E-state index is 5.89. The van der Waals surface area contributed by atoms with Crippen LogP contribution in [0.3, 0.4) is 0 Å². The molecule has 1 saturated carbocycles. The van der Waals surface area contributed by atoms with E-state index in [2.05, 4.69) is 39.9 Å². The minimum absolute atomic E-state index is 0.198. The highest BCUT2D eigenvalue weighted by atomic mass is 16.5. The van der Waals surface area contributed by atoms with E-state index in [1.807, 2.05) is 7.11 Å². The Balaban J connectivity index is 2.74. The van der Waals surface area contributed by atoms with Gasteiger partial charge in [-0.15, -0.1) is 0 Å². The summed E-state index contributed by atoms with van der Waals surface area (Å²) >= 11 is 0. The van der Waals surface area contributed by atoms with Gasteiger partial charge in [-0.05, 0) is 43.1 Å². The van der Waals surface area contributed by atoms with Gasteiger partial charge in [0.15, 0.2) is 0 Å². The van der Waals surface area contributed by atoms with Crippen LogP contribution in [-0.2, 0) is 4.74 Å². The van der Waals surface area contributed by atoms with Crippen molar-refractivity contribution < 1.29 is 4.74 Å². The Morgan fingerprint density at radius 1 is 1.16 bits per heavy atom. The minimum atomic E-state index is 0.198. The molecule has 2 heteroatoms. The van der Waals surface area contributed by atoms with Crippen LogP contribution in [0.1, 0.15) is 66.7 Å². The highest BCUT2D eigenvalue weighted by Gasteiger charge is 2.37. The van der Waals surface area contributed by atoms with Crippen molar-refractivity contribution in [2.24, 2.45) is 17.3 Å².